The Kier molecular flexibility index (Phi) is 6.47. The van der Waals surface area contributed by atoms with Crippen LogP contribution in [-0.4, -0.2) is 44.2 Å². The highest BCUT2D eigenvalue weighted by atomic mass is 19.4. The van der Waals surface area contributed by atoms with Crippen LogP contribution in [0.15, 0.2) is 0 Å². The van der Waals surface area contributed by atoms with E-state index in [0.717, 1.165) is 0 Å². The first kappa shape index (κ1) is 14.7. The zero-order valence-electron chi connectivity index (χ0n) is 8.78. The van der Waals surface area contributed by atoms with Crippen molar-refractivity contribution >= 4 is 11.8 Å². The van der Waals surface area contributed by atoms with Gasteiger partial charge in [0.2, 0.25) is 11.8 Å². The minimum absolute atomic E-state index is 0.104. The summed E-state index contributed by atoms with van der Waals surface area (Å²) in [5.74, 6) is -1.12. The van der Waals surface area contributed by atoms with Gasteiger partial charge in [0.1, 0.15) is 6.54 Å². The number of hydrogen-bond acceptors (Lipinski definition) is 3. The molecular formula is C8H14F3N3O2. The van der Waals surface area contributed by atoms with E-state index < -0.39 is 18.6 Å². The first-order valence-corrected chi connectivity index (χ1v) is 4.66. The van der Waals surface area contributed by atoms with Crippen LogP contribution in [0.5, 0.6) is 0 Å². The van der Waals surface area contributed by atoms with Crippen molar-refractivity contribution in [3.8, 4) is 0 Å². The van der Waals surface area contributed by atoms with Crippen molar-refractivity contribution in [1.82, 2.24) is 16.0 Å². The summed E-state index contributed by atoms with van der Waals surface area (Å²) < 4.78 is 35.0. The molecule has 5 nitrogen and oxygen atoms in total. The lowest BCUT2D eigenvalue weighted by Gasteiger charge is -2.08. The molecule has 0 aromatic rings. The third-order valence-corrected chi connectivity index (χ3v) is 1.43. The number of halogens is 3. The summed E-state index contributed by atoms with van der Waals surface area (Å²) in [5, 5.41) is 6.55. The summed E-state index contributed by atoms with van der Waals surface area (Å²) in [6.45, 7) is 0.393. The molecule has 0 saturated heterocycles. The molecule has 8 heteroatoms. The van der Waals surface area contributed by atoms with Crippen LogP contribution in [0.3, 0.4) is 0 Å². The fourth-order valence-electron chi connectivity index (χ4n) is 0.811. The van der Waals surface area contributed by atoms with Crippen molar-refractivity contribution < 1.29 is 22.8 Å². The van der Waals surface area contributed by atoms with E-state index in [0.29, 0.717) is 6.54 Å². The molecule has 0 aromatic carbocycles. The average Bonchev–Trinajstić information content (AvgIpc) is 2.14. The molecule has 0 aromatic heterocycles. The van der Waals surface area contributed by atoms with E-state index in [2.05, 4.69) is 10.6 Å². The van der Waals surface area contributed by atoms with Crippen molar-refractivity contribution in [3.63, 3.8) is 0 Å². The Labute approximate surface area is 90.8 Å². The fourth-order valence-corrected chi connectivity index (χ4v) is 0.811. The SMILES string of the molecule is CCNC(=O)CNCC(=O)NCC(F)(F)F. The molecule has 0 unspecified atom stereocenters. The standard InChI is InChI=1S/C8H14F3N3O2/c1-2-13-6(15)3-12-4-7(16)14-5-8(9,10)11/h12H,2-5H2,1H3,(H,13,15)(H,14,16). The Balaban J connectivity index is 3.55. The summed E-state index contributed by atoms with van der Waals surface area (Å²) in [4.78, 5) is 21.7. The normalized spacial score (nSPS) is 11.0. The largest absolute Gasteiger partial charge is 0.405 e. The molecule has 0 radical (unpaired) electrons. The fraction of sp³-hybridized carbons (Fsp3) is 0.750. The van der Waals surface area contributed by atoms with Gasteiger partial charge < -0.3 is 10.6 Å². The van der Waals surface area contributed by atoms with E-state index in [-0.39, 0.29) is 19.0 Å². The van der Waals surface area contributed by atoms with Crippen LogP contribution >= 0.6 is 0 Å². The van der Waals surface area contributed by atoms with Crippen LogP contribution in [0.2, 0.25) is 0 Å². The number of alkyl halides is 3. The van der Waals surface area contributed by atoms with E-state index in [1.807, 2.05) is 0 Å². The molecule has 2 amide bonds. The molecule has 16 heavy (non-hydrogen) atoms. The summed E-state index contributed by atoms with van der Waals surface area (Å²) in [5.41, 5.74) is 0. The van der Waals surface area contributed by atoms with Gasteiger partial charge in [0.05, 0.1) is 13.1 Å². The second kappa shape index (κ2) is 7.04. The smallest absolute Gasteiger partial charge is 0.355 e. The van der Waals surface area contributed by atoms with E-state index in [1.165, 1.54) is 0 Å². The quantitative estimate of drug-likeness (QED) is 0.581. The zero-order chi connectivity index (χ0) is 12.6. The van der Waals surface area contributed by atoms with Gasteiger partial charge in [-0.05, 0) is 6.92 Å². The van der Waals surface area contributed by atoms with Crippen LogP contribution in [-0.2, 0) is 9.59 Å². The van der Waals surface area contributed by atoms with E-state index in [1.54, 1.807) is 12.2 Å². The molecule has 94 valence electrons. The molecular weight excluding hydrogens is 227 g/mol. The highest BCUT2D eigenvalue weighted by molar-refractivity contribution is 5.81. The van der Waals surface area contributed by atoms with Crippen LogP contribution in [0, 0.1) is 0 Å². The maximum Gasteiger partial charge on any atom is 0.405 e. The molecule has 0 atom stereocenters. The Morgan fingerprint density at radius 2 is 1.56 bits per heavy atom. The van der Waals surface area contributed by atoms with E-state index in [9.17, 15) is 22.8 Å². The van der Waals surface area contributed by atoms with Gasteiger partial charge >= 0.3 is 6.18 Å². The molecule has 0 aliphatic carbocycles. The van der Waals surface area contributed by atoms with Crippen molar-refractivity contribution in [2.24, 2.45) is 0 Å². The first-order chi connectivity index (χ1) is 7.35. The highest BCUT2D eigenvalue weighted by Crippen LogP contribution is 2.11. The number of carbonyl (C=O) groups is 2. The third-order valence-electron chi connectivity index (χ3n) is 1.43. The lowest BCUT2D eigenvalue weighted by Crippen LogP contribution is -2.42. The van der Waals surface area contributed by atoms with Crippen LogP contribution < -0.4 is 16.0 Å². The number of rotatable bonds is 6. The van der Waals surface area contributed by atoms with Crippen LogP contribution in [0.4, 0.5) is 13.2 Å². The molecule has 0 heterocycles. The molecule has 3 N–H and O–H groups in total. The van der Waals surface area contributed by atoms with Crippen molar-refractivity contribution in [1.29, 1.82) is 0 Å². The minimum atomic E-state index is -4.42. The zero-order valence-corrected chi connectivity index (χ0v) is 8.78. The van der Waals surface area contributed by atoms with Crippen LogP contribution in [0.1, 0.15) is 6.92 Å². The second-order valence-corrected chi connectivity index (χ2v) is 2.95. The van der Waals surface area contributed by atoms with Crippen molar-refractivity contribution in [2.75, 3.05) is 26.2 Å². The van der Waals surface area contributed by atoms with Gasteiger partial charge in [0, 0.05) is 6.54 Å². The summed E-state index contributed by atoms with van der Waals surface area (Å²) in [6.07, 6.45) is -4.42. The highest BCUT2D eigenvalue weighted by Gasteiger charge is 2.27. The van der Waals surface area contributed by atoms with Crippen molar-refractivity contribution in [2.45, 2.75) is 13.1 Å². The molecule has 0 spiro atoms. The van der Waals surface area contributed by atoms with E-state index >= 15 is 0 Å². The predicted octanol–water partition coefficient (Wildman–Crippen LogP) is -0.609. The average molecular weight is 241 g/mol. The van der Waals surface area contributed by atoms with Crippen LogP contribution in [0.25, 0.3) is 0 Å². The Hall–Kier alpha value is -1.31. The molecule has 0 bridgehead atoms. The van der Waals surface area contributed by atoms with Gasteiger partial charge in [-0.25, -0.2) is 0 Å². The number of carbonyl (C=O) groups excluding carboxylic acids is 2. The molecule has 0 aliphatic rings. The first-order valence-electron chi connectivity index (χ1n) is 4.66. The van der Waals surface area contributed by atoms with Crippen molar-refractivity contribution in [3.05, 3.63) is 0 Å². The lowest BCUT2D eigenvalue weighted by atomic mass is 10.5. The summed E-state index contributed by atoms with van der Waals surface area (Å²) >= 11 is 0. The number of amides is 2. The Morgan fingerprint density at radius 3 is 2.00 bits per heavy atom. The maximum atomic E-state index is 11.7. The van der Waals surface area contributed by atoms with Gasteiger partial charge in [-0.3, -0.25) is 14.9 Å². The van der Waals surface area contributed by atoms with Gasteiger partial charge in [-0.2, -0.15) is 13.2 Å². The molecule has 0 rings (SSSR count). The summed E-state index contributed by atoms with van der Waals surface area (Å²) in [6, 6.07) is 0. The number of hydrogen-bond donors (Lipinski definition) is 3. The second-order valence-electron chi connectivity index (χ2n) is 2.95. The van der Waals surface area contributed by atoms with Gasteiger partial charge in [-0.15, -0.1) is 0 Å². The Bertz CT molecular complexity index is 243. The number of nitrogens with one attached hydrogen (secondary N) is 3. The minimum Gasteiger partial charge on any atom is -0.355 e. The third kappa shape index (κ3) is 9.25. The van der Waals surface area contributed by atoms with E-state index in [4.69, 9.17) is 0 Å². The molecule has 0 aliphatic heterocycles. The topological polar surface area (TPSA) is 70.2 Å². The summed E-state index contributed by atoms with van der Waals surface area (Å²) in [7, 11) is 0. The van der Waals surface area contributed by atoms with Gasteiger partial charge in [0.15, 0.2) is 0 Å². The monoisotopic (exact) mass is 241 g/mol. The molecule has 0 saturated carbocycles. The maximum absolute atomic E-state index is 11.7. The van der Waals surface area contributed by atoms with Gasteiger partial charge in [0.25, 0.3) is 0 Å². The predicted molar refractivity (Wildman–Crippen MR) is 50.6 cm³/mol. The lowest BCUT2D eigenvalue weighted by molar-refractivity contribution is -0.138. The number of likely N-dealkylation sites (N-methyl/N-ethyl adjacent to an activating group) is 1. The molecule has 0 fully saturated rings. The Morgan fingerprint density at radius 1 is 1.06 bits per heavy atom. The van der Waals surface area contributed by atoms with Gasteiger partial charge in [-0.1, -0.05) is 0 Å².